The topological polar surface area (TPSA) is 21.3 Å². The number of rotatable bonds is 1. The fourth-order valence-corrected chi connectivity index (χ4v) is 2.11. The van der Waals surface area contributed by atoms with E-state index in [4.69, 9.17) is 16.3 Å². The van der Waals surface area contributed by atoms with Gasteiger partial charge in [0.1, 0.15) is 5.82 Å². The molecular formula is C12H15ClFNO. The summed E-state index contributed by atoms with van der Waals surface area (Å²) in [5, 5.41) is 3.74. The van der Waals surface area contributed by atoms with Crippen molar-refractivity contribution in [2.45, 2.75) is 13.0 Å². The summed E-state index contributed by atoms with van der Waals surface area (Å²) >= 11 is 6.00. The molecule has 0 aromatic heterocycles. The van der Waals surface area contributed by atoms with E-state index in [-0.39, 0.29) is 11.9 Å². The minimum absolute atomic E-state index is 0.0851. The first-order valence-electron chi connectivity index (χ1n) is 5.44. The van der Waals surface area contributed by atoms with Gasteiger partial charge in [0.2, 0.25) is 0 Å². The van der Waals surface area contributed by atoms with Gasteiger partial charge in [-0.3, -0.25) is 0 Å². The van der Waals surface area contributed by atoms with Crippen LogP contribution in [-0.4, -0.2) is 19.7 Å². The molecular weight excluding hydrogens is 229 g/mol. The van der Waals surface area contributed by atoms with Gasteiger partial charge in [0.05, 0.1) is 12.7 Å². The van der Waals surface area contributed by atoms with E-state index in [0.717, 1.165) is 18.7 Å². The minimum Gasteiger partial charge on any atom is -0.372 e. The molecule has 1 N–H and O–H groups in total. The third kappa shape index (κ3) is 2.73. The Morgan fingerprint density at radius 1 is 1.44 bits per heavy atom. The van der Waals surface area contributed by atoms with E-state index >= 15 is 0 Å². The molecule has 2 atom stereocenters. The SMILES string of the molecule is CC1CNCC(c2ccc(F)cc2Cl)OC1. The van der Waals surface area contributed by atoms with E-state index in [0.29, 0.717) is 17.5 Å². The highest BCUT2D eigenvalue weighted by molar-refractivity contribution is 6.31. The first kappa shape index (κ1) is 11.8. The number of ether oxygens (including phenoxy) is 1. The summed E-state index contributed by atoms with van der Waals surface area (Å²) < 4.78 is 18.7. The fourth-order valence-electron chi connectivity index (χ4n) is 1.82. The van der Waals surface area contributed by atoms with Gasteiger partial charge in [-0.2, -0.15) is 0 Å². The molecule has 1 aliphatic rings. The Labute approximate surface area is 99.7 Å². The molecule has 0 saturated carbocycles. The fraction of sp³-hybridized carbons (Fsp3) is 0.500. The smallest absolute Gasteiger partial charge is 0.124 e. The number of hydrogen-bond acceptors (Lipinski definition) is 2. The highest BCUT2D eigenvalue weighted by atomic mass is 35.5. The zero-order chi connectivity index (χ0) is 11.5. The van der Waals surface area contributed by atoms with Crippen molar-refractivity contribution in [3.8, 4) is 0 Å². The van der Waals surface area contributed by atoms with E-state index in [1.807, 2.05) is 0 Å². The van der Waals surface area contributed by atoms with Crippen LogP contribution in [0.3, 0.4) is 0 Å². The summed E-state index contributed by atoms with van der Waals surface area (Å²) in [5.74, 6) is 0.174. The lowest BCUT2D eigenvalue weighted by Crippen LogP contribution is -2.22. The molecule has 0 bridgehead atoms. The van der Waals surface area contributed by atoms with Gasteiger partial charge in [-0.15, -0.1) is 0 Å². The van der Waals surface area contributed by atoms with Crippen LogP contribution < -0.4 is 5.32 Å². The van der Waals surface area contributed by atoms with Gasteiger partial charge in [0.25, 0.3) is 0 Å². The van der Waals surface area contributed by atoms with Crippen LogP contribution in [0.15, 0.2) is 18.2 Å². The van der Waals surface area contributed by atoms with Crippen LogP contribution in [-0.2, 0) is 4.74 Å². The number of halogens is 2. The maximum absolute atomic E-state index is 12.9. The van der Waals surface area contributed by atoms with Crippen LogP contribution in [0.25, 0.3) is 0 Å². The molecule has 88 valence electrons. The molecule has 1 fully saturated rings. The number of nitrogens with one attached hydrogen (secondary N) is 1. The second-order valence-electron chi connectivity index (χ2n) is 4.25. The van der Waals surface area contributed by atoms with Gasteiger partial charge in [0.15, 0.2) is 0 Å². The van der Waals surface area contributed by atoms with Crippen LogP contribution in [0, 0.1) is 11.7 Å². The van der Waals surface area contributed by atoms with Crippen molar-refractivity contribution in [2.24, 2.45) is 5.92 Å². The minimum atomic E-state index is -0.316. The Morgan fingerprint density at radius 3 is 3.00 bits per heavy atom. The number of benzene rings is 1. The summed E-state index contributed by atoms with van der Waals surface area (Å²) in [6, 6.07) is 4.44. The van der Waals surface area contributed by atoms with Crippen molar-refractivity contribution < 1.29 is 9.13 Å². The molecule has 2 unspecified atom stereocenters. The van der Waals surface area contributed by atoms with E-state index in [9.17, 15) is 4.39 Å². The van der Waals surface area contributed by atoms with Gasteiger partial charge >= 0.3 is 0 Å². The zero-order valence-corrected chi connectivity index (χ0v) is 9.93. The van der Waals surface area contributed by atoms with Crippen LogP contribution in [0.2, 0.25) is 5.02 Å². The molecule has 0 amide bonds. The monoisotopic (exact) mass is 243 g/mol. The Balaban J connectivity index is 2.16. The van der Waals surface area contributed by atoms with Crippen molar-refractivity contribution in [2.75, 3.05) is 19.7 Å². The zero-order valence-electron chi connectivity index (χ0n) is 9.17. The van der Waals surface area contributed by atoms with Crippen LogP contribution >= 0.6 is 11.6 Å². The molecule has 2 nitrogen and oxygen atoms in total. The maximum atomic E-state index is 12.9. The lowest BCUT2D eigenvalue weighted by atomic mass is 10.1. The van der Waals surface area contributed by atoms with Crippen LogP contribution in [0.5, 0.6) is 0 Å². The molecule has 0 aliphatic carbocycles. The van der Waals surface area contributed by atoms with Crippen molar-refractivity contribution >= 4 is 11.6 Å². The highest BCUT2D eigenvalue weighted by Gasteiger charge is 2.20. The third-order valence-electron chi connectivity index (χ3n) is 2.71. The third-order valence-corrected chi connectivity index (χ3v) is 3.04. The van der Waals surface area contributed by atoms with E-state index in [1.54, 1.807) is 6.07 Å². The Morgan fingerprint density at radius 2 is 2.25 bits per heavy atom. The van der Waals surface area contributed by atoms with Crippen molar-refractivity contribution in [3.63, 3.8) is 0 Å². The Bertz CT molecular complexity index is 372. The largest absolute Gasteiger partial charge is 0.372 e. The average molecular weight is 244 g/mol. The van der Waals surface area contributed by atoms with Crippen LogP contribution in [0.4, 0.5) is 4.39 Å². The van der Waals surface area contributed by atoms with Crippen molar-refractivity contribution in [1.29, 1.82) is 0 Å². The van der Waals surface area contributed by atoms with E-state index in [2.05, 4.69) is 12.2 Å². The predicted octanol–water partition coefficient (Wildman–Crippen LogP) is 2.78. The summed E-state index contributed by atoms with van der Waals surface area (Å²) in [5.41, 5.74) is 0.852. The summed E-state index contributed by atoms with van der Waals surface area (Å²) in [6.07, 6.45) is -0.0851. The molecule has 1 heterocycles. The molecule has 1 aromatic carbocycles. The van der Waals surface area contributed by atoms with E-state index < -0.39 is 0 Å². The molecule has 16 heavy (non-hydrogen) atoms. The Hall–Kier alpha value is -0.640. The lowest BCUT2D eigenvalue weighted by Gasteiger charge is -2.17. The lowest BCUT2D eigenvalue weighted by molar-refractivity contribution is 0.0515. The molecule has 2 rings (SSSR count). The van der Waals surface area contributed by atoms with Gasteiger partial charge < -0.3 is 10.1 Å². The predicted molar refractivity (Wildman–Crippen MR) is 62.1 cm³/mol. The molecule has 0 spiro atoms. The quantitative estimate of drug-likeness (QED) is 0.819. The van der Waals surface area contributed by atoms with Gasteiger partial charge in [-0.25, -0.2) is 4.39 Å². The molecule has 0 radical (unpaired) electrons. The summed E-state index contributed by atoms with van der Waals surface area (Å²) in [7, 11) is 0. The maximum Gasteiger partial charge on any atom is 0.124 e. The summed E-state index contributed by atoms with van der Waals surface area (Å²) in [4.78, 5) is 0. The van der Waals surface area contributed by atoms with Crippen molar-refractivity contribution in [1.82, 2.24) is 5.32 Å². The van der Waals surface area contributed by atoms with Gasteiger partial charge in [0, 0.05) is 23.7 Å². The second kappa shape index (κ2) is 5.13. The molecule has 1 aromatic rings. The molecule has 1 saturated heterocycles. The Kier molecular flexibility index (Phi) is 3.79. The molecule has 4 heteroatoms. The first-order valence-corrected chi connectivity index (χ1v) is 5.82. The standard InChI is InChI=1S/C12H15ClFNO/c1-8-5-15-6-12(16-7-8)10-3-2-9(14)4-11(10)13/h2-4,8,12,15H,5-7H2,1H3. The molecule has 1 aliphatic heterocycles. The highest BCUT2D eigenvalue weighted by Crippen LogP contribution is 2.27. The number of hydrogen-bond donors (Lipinski definition) is 1. The summed E-state index contributed by atoms with van der Waals surface area (Å²) in [6.45, 7) is 4.48. The average Bonchev–Trinajstić information content (AvgIpc) is 2.43. The van der Waals surface area contributed by atoms with E-state index in [1.165, 1.54) is 12.1 Å². The van der Waals surface area contributed by atoms with Crippen LogP contribution in [0.1, 0.15) is 18.6 Å². The van der Waals surface area contributed by atoms with Gasteiger partial charge in [-0.1, -0.05) is 24.6 Å². The second-order valence-corrected chi connectivity index (χ2v) is 4.66. The van der Waals surface area contributed by atoms with Gasteiger partial charge in [-0.05, 0) is 18.1 Å². The first-order chi connectivity index (χ1) is 7.66. The normalized spacial score (nSPS) is 26.4. The van der Waals surface area contributed by atoms with Crippen molar-refractivity contribution in [3.05, 3.63) is 34.6 Å².